The number of hydrazone groups is 1. The Labute approximate surface area is 227 Å². The van der Waals surface area contributed by atoms with Gasteiger partial charge >= 0.3 is 0 Å². The van der Waals surface area contributed by atoms with E-state index >= 15 is 0 Å². The molecule has 184 valence electrons. The molecule has 0 atom stereocenters. The van der Waals surface area contributed by atoms with Crippen LogP contribution in [-0.2, 0) is 4.79 Å². The second-order valence-corrected chi connectivity index (χ2v) is 9.49. The summed E-state index contributed by atoms with van der Waals surface area (Å²) in [4.78, 5) is 12.5. The normalized spacial score (nSPS) is 11.1. The van der Waals surface area contributed by atoms with Crippen molar-refractivity contribution in [1.29, 1.82) is 0 Å². The first-order valence-corrected chi connectivity index (χ1v) is 12.9. The quantitative estimate of drug-likeness (QED) is 0.143. The van der Waals surface area contributed by atoms with Gasteiger partial charge in [-0.25, -0.2) is 5.43 Å². The Balaban J connectivity index is 1.53. The number of amides is 1. The molecule has 1 N–H and O–H groups in total. The Morgan fingerprint density at radius 3 is 2.39 bits per heavy atom. The summed E-state index contributed by atoms with van der Waals surface area (Å²) in [5, 5.41) is 14.7. The molecule has 0 unspecified atom stereocenters. The van der Waals surface area contributed by atoms with E-state index in [4.69, 9.17) is 39.5 Å². The lowest BCUT2D eigenvalue weighted by Crippen LogP contribution is -2.20. The molecular formula is C25H20Cl3N5O2S. The van der Waals surface area contributed by atoms with Crippen molar-refractivity contribution in [3.05, 3.63) is 87.4 Å². The van der Waals surface area contributed by atoms with Crippen LogP contribution in [0.3, 0.4) is 0 Å². The van der Waals surface area contributed by atoms with Crippen molar-refractivity contribution < 1.29 is 9.53 Å². The molecule has 4 rings (SSSR count). The highest BCUT2D eigenvalue weighted by Gasteiger charge is 2.17. The molecular weight excluding hydrogens is 541 g/mol. The van der Waals surface area contributed by atoms with Crippen LogP contribution in [0, 0.1) is 0 Å². The van der Waals surface area contributed by atoms with E-state index < -0.39 is 0 Å². The molecule has 0 aliphatic carbocycles. The van der Waals surface area contributed by atoms with E-state index in [1.807, 2.05) is 47.9 Å². The van der Waals surface area contributed by atoms with Gasteiger partial charge in [0.25, 0.3) is 5.91 Å². The number of thioether (sulfide) groups is 1. The number of halogens is 3. The smallest absolute Gasteiger partial charge is 0.250 e. The maximum atomic E-state index is 12.5. The van der Waals surface area contributed by atoms with Gasteiger partial charge in [0, 0.05) is 21.8 Å². The number of hydrogen-bond donors (Lipinski definition) is 1. The topological polar surface area (TPSA) is 81.4 Å². The summed E-state index contributed by atoms with van der Waals surface area (Å²) in [6, 6.07) is 20.0. The fourth-order valence-electron chi connectivity index (χ4n) is 3.21. The van der Waals surface area contributed by atoms with E-state index in [1.54, 1.807) is 30.3 Å². The molecule has 11 heteroatoms. The Kier molecular flexibility index (Phi) is 8.88. The van der Waals surface area contributed by atoms with Gasteiger partial charge in [0.05, 0.1) is 28.6 Å². The molecule has 1 aromatic heterocycles. The Bertz CT molecular complexity index is 1360. The van der Waals surface area contributed by atoms with Gasteiger partial charge < -0.3 is 4.74 Å². The van der Waals surface area contributed by atoms with Crippen molar-refractivity contribution in [3.63, 3.8) is 0 Å². The third kappa shape index (κ3) is 6.39. The standard InChI is InChI=1S/C25H20Cl3N5O2S/c1-2-35-19-12-10-18(11-13-19)33-24(16-6-8-17(26)9-7-16)31-32-25(33)36-15-23(34)30-29-14-20-21(27)4-3-5-22(20)28/h3-14H,2,15H2,1H3,(H,30,34). The molecule has 0 spiro atoms. The van der Waals surface area contributed by atoms with Crippen LogP contribution in [0.5, 0.6) is 5.75 Å². The van der Waals surface area contributed by atoms with Gasteiger partial charge in [-0.2, -0.15) is 5.10 Å². The summed E-state index contributed by atoms with van der Waals surface area (Å²) < 4.78 is 7.44. The highest BCUT2D eigenvalue weighted by Crippen LogP contribution is 2.29. The first kappa shape index (κ1) is 26.0. The zero-order valence-corrected chi connectivity index (χ0v) is 22.1. The summed E-state index contributed by atoms with van der Waals surface area (Å²) in [5.41, 5.74) is 4.66. The van der Waals surface area contributed by atoms with Crippen LogP contribution in [0.1, 0.15) is 12.5 Å². The Morgan fingerprint density at radius 2 is 1.72 bits per heavy atom. The van der Waals surface area contributed by atoms with E-state index in [2.05, 4.69) is 20.7 Å². The average Bonchev–Trinajstić information content (AvgIpc) is 3.29. The third-order valence-corrected chi connectivity index (χ3v) is 6.70. The molecule has 3 aromatic carbocycles. The Hall–Kier alpha value is -3.04. The lowest BCUT2D eigenvalue weighted by molar-refractivity contribution is -0.118. The van der Waals surface area contributed by atoms with Gasteiger partial charge in [-0.15, -0.1) is 10.2 Å². The molecule has 1 amide bonds. The van der Waals surface area contributed by atoms with E-state index in [1.165, 1.54) is 18.0 Å². The van der Waals surface area contributed by atoms with Crippen molar-refractivity contribution in [3.8, 4) is 22.8 Å². The maximum Gasteiger partial charge on any atom is 0.250 e. The largest absolute Gasteiger partial charge is 0.494 e. The van der Waals surface area contributed by atoms with Crippen molar-refractivity contribution in [2.45, 2.75) is 12.1 Å². The van der Waals surface area contributed by atoms with Gasteiger partial charge in [0.1, 0.15) is 5.75 Å². The van der Waals surface area contributed by atoms with Crippen LogP contribution in [0.25, 0.3) is 17.1 Å². The van der Waals surface area contributed by atoms with Crippen LogP contribution >= 0.6 is 46.6 Å². The van der Waals surface area contributed by atoms with Crippen LogP contribution in [0.2, 0.25) is 15.1 Å². The minimum absolute atomic E-state index is 0.0589. The van der Waals surface area contributed by atoms with Gasteiger partial charge in [-0.05, 0) is 67.6 Å². The highest BCUT2D eigenvalue weighted by atomic mass is 35.5. The number of ether oxygens (including phenoxy) is 1. The number of hydrogen-bond acceptors (Lipinski definition) is 6. The molecule has 0 radical (unpaired) electrons. The maximum absolute atomic E-state index is 12.5. The number of nitrogens with zero attached hydrogens (tertiary/aromatic N) is 4. The van der Waals surface area contributed by atoms with E-state index in [9.17, 15) is 4.79 Å². The molecule has 0 aliphatic rings. The van der Waals surface area contributed by atoms with E-state index in [0.29, 0.717) is 38.2 Å². The van der Waals surface area contributed by atoms with Crippen LogP contribution < -0.4 is 10.2 Å². The number of nitrogens with one attached hydrogen (secondary N) is 1. The number of benzene rings is 3. The molecule has 36 heavy (non-hydrogen) atoms. The number of carbonyl (C=O) groups is 1. The van der Waals surface area contributed by atoms with Gasteiger partial charge in [0.15, 0.2) is 11.0 Å². The zero-order chi connectivity index (χ0) is 25.5. The molecule has 0 fully saturated rings. The predicted octanol–water partition coefficient (Wildman–Crippen LogP) is 6.54. The van der Waals surface area contributed by atoms with E-state index in [-0.39, 0.29) is 11.7 Å². The first-order chi connectivity index (χ1) is 17.5. The second kappa shape index (κ2) is 12.3. The van der Waals surface area contributed by atoms with Gasteiger partial charge in [-0.3, -0.25) is 9.36 Å². The molecule has 7 nitrogen and oxygen atoms in total. The van der Waals surface area contributed by atoms with Gasteiger partial charge in [0.2, 0.25) is 0 Å². The predicted molar refractivity (Wildman–Crippen MR) is 146 cm³/mol. The van der Waals surface area contributed by atoms with Crippen LogP contribution in [0.15, 0.2) is 77.0 Å². The molecule has 0 saturated carbocycles. The molecule has 1 heterocycles. The number of aromatic nitrogens is 3. The van der Waals surface area contributed by atoms with Crippen LogP contribution in [-0.4, -0.2) is 39.2 Å². The van der Waals surface area contributed by atoms with Crippen molar-refractivity contribution in [2.75, 3.05) is 12.4 Å². The molecule has 4 aromatic rings. The van der Waals surface area contributed by atoms with Gasteiger partial charge in [-0.1, -0.05) is 52.6 Å². The fourth-order valence-corrected chi connectivity index (χ4v) is 4.57. The minimum Gasteiger partial charge on any atom is -0.494 e. The number of carbonyl (C=O) groups excluding carboxylic acids is 1. The summed E-state index contributed by atoms with van der Waals surface area (Å²) in [6.07, 6.45) is 1.41. The zero-order valence-electron chi connectivity index (χ0n) is 19.0. The second-order valence-electron chi connectivity index (χ2n) is 7.29. The lowest BCUT2D eigenvalue weighted by Gasteiger charge is -2.11. The van der Waals surface area contributed by atoms with Crippen molar-refractivity contribution >= 4 is 58.7 Å². The number of rotatable bonds is 9. The SMILES string of the molecule is CCOc1ccc(-n2c(SCC(=O)NN=Cc3c(Cl)cccc3Cl)nnc2-c2ccc(Cl)cc2)cc1. The monoisotopic (exact) mass is 559 g/mol. The molecule has 0 saturated heterocycles. The van der Waals surface area contributed by atoms with Crippen molar-refractivity contribution in [1.82, 2.24) is 20.2 Å². The molecule has 0 bridgehead atoms. The highest BCUT2D eigenvalue weighted by molar-refractivity contribution is 7.99. The summed E-state index contributed by atoms with van der Waals surface area (Å²) in [7, 11) is 0. The average molecular weight is 561 g/mol. The lowest BCUT2D eigenvalue weighted by atomic mass is 10.2. The fraction of sp³-hybridized carbons (Fsp3) is 0.120. The Morgan fingerprint density at radius 1 is 1.03 bits per heavy atom. The molecule has 0 aliphatic heterocycles. The summed E-state index contributed by atoms with van der Waals surface area (Å²) >= 11 is 19.5. The van der Waals surface area contributed by atoms with E-state index in [0.717, 1.165) is 17.0 Å². The van der Waals surface area contributed by atoms with Crippen molar-refractivity contribution in [2.24, 2.45) is 5.10 Å². The summed E-state index contributed by atoms with van der Waals surface area (Å²) in [6.45, 7) is 2.50. The first-order valence-electron chi connectivity index (χ1n) is 10.8. The van der Waals surface area contributed by atoms with Crippen LogP contribution in [0.4, 0.5) is 0 Å². The summed E-state index contributed by atoms with van der Waals surface area (Å²) in [5.74, 6) is 1.11. The third-order valence-electron chi connectivity index (χ3n) is 4.86. The minimum atomic E-state index is -0.325.